The summed E-state index contributed by atoms with van der Waals surface area (Å²) in [5, 5.41) is 11.7. The highest BCUT2D eigenvalue weighted by Gasteiger charge is 2.09. The summed E-state index contributed by atoms with van der Waals surface area (Å²) < 4.78 is 5.06. The van der Waals surface area contributed by atoms with E-state index in [2.05, 4.69) is 4.98 Å². The number of nitriles is 1. The van der Waals surface area contributed by atoms with E-state index in [1.54, 1.807) is 18.6 Å². The quantitative estimate of drug-likeness (QED) is 0.821. The molecule has 2 rings (SSSR count). The molecule has 0 N–H and O–H groups in total. The van der Waals surface area contributed by atoms with Gasteiger partial charge in [0.05, 0.1) is 12.1 Å². The minimum atomic E-state index is 0.409. The van der Waals surface area contributed by atoms with Crippen LogP contribution in [0.25, 0.3) is 10.6 Å². The van der Waals surface area contributed by atoms with E-state index in [0.717, 1.165) is 10.6 Å². The number of methoxy groups -OCH3 is 1. The van der Waals surface area contributed by atoms with Crippen LogP contribution in [0.15, 0.2) is 23.6 Å². The van der Waals surface area contributed by atoms with Crippen LogP contribution in [0, 0.1) is 11.3 Å². The highest BCUT2D eigenvalue weighted by Crippen LogP contribution is 2.32. The zero-order valence-electron chi connectivity index (χ0n) is 8.40. The number of nitrogens with zero attached hydrogens (tertiary/aromatic N) is 2. The van der Waals surface area contributed by atoms with Crippen molar-refractivity contribution in [2.24, 2.45) is 0 Å². The summed E-state index contributed by atoms with van der Waals surface area (Å²) in [6.07, 6.45) is 0. The SMILES string of the molecule is COc1ccc(-c2nc(C#N)cs2)c(Cl)c1. The Labute approximate surface area is 102 Å². The van der Waals surface area contributed by atoms with Crippen LogP contribution in [-0.2, 0) is 0 Å². The van der Waals surface area contributed by atoms with Crippen LogP contribution in [0.3, 0.4) is 0 Å². The molecule has 1 aromatic heterocycles. The fourth-order valence-electron chi connectivity index (χ4n) is 1.25. The number of halogens is 1. The molecule has 0 saturated heterocycles. The fourth-order valence-corrected chi connectivity index (χ4v) is 2.35. The molecule has 0 saturated carbocycles. The van der Waals surface area contributed by atoms with Crippen LogP contribution < -0.4 is 4.74 Å². The first-order chi connectivity index (χ1) is 7.74. The van der Waals surface area contributed by atoms with Gasteiger partial charge in [-0.3, -0.25) is 0 Å². The maximum Gasteiger partial charge on any atom is 0.152 e. The Balaban J connectivity index is 2.45. The van der Waals surface area contributed by atoms with E-state index in [4.69, 9.17) is 21.6 Å². The third-order valence-electron chi connectivity index (χ3n) is 2.03. The fraction of sp³-hybridized carbons (Fsp3) is 0.0909. The number of hydrogen-bond acceptors (Lipinski definition) is 4. The lowest BCUT2D eigenvalue weighted by molar-refractivity contribution is 0.415. The lowest BCUT2D eigenvalue weighted by Crippen LogP contribution is -1.84. The number of benzene rings is 1. The number of aromatic nitrogens is 1. The summed E-state index contributed by atoms with van der Waals surface area (Å²) in [6, 6.07) is 7.37. The van der Waals surface area contributed by atoms with Gasteiger partial charge in [0.1, 0.15) is 16.8 Å². The van der Waals surface area contributed by atoms with E-state index in [0.29, 0.717) is 16.5 Å². The molecule has 0 aliphatic rings. The molecule has 0 aliphatic carbocycles. The number of ether oxygens (including phenoxy) is 1. The molecule has 16 heavy (non-hydrogen) atoms. The van der Waals surface area contributed by atoms with Gasteiger partial charge in [-0.2, -0.15) is 5.26 Å². The maximum absolute atomic E-state index is 8.69. The van der Waals surface area contributed by atoms with E-state index >= 15 is 0 Å². The summed E-state index contributed by atoms with van der Waals surface area (Å²) in [6.45, 7) is 0. The topological polar surface area (TPSA) is 45.9 Å². The molecular formula is C11H7ClN2OS. The standard InChI is InChI=1S/C11H7ClN2OS/c1-15-8-2-3-9(10(12)4-8)11-14-7(5-13)6-16-11/h2-4,6H,1H3. The van der Waals surface area contributed by atoms with Gasteiger partial charge in [-0.15, -0.1) is 11.3 Å². The zero-order valence-corrected chi connectivity index (χ0v) is 9.97. The molecule has 0 atom stereocenters. The lowest BCUT2D eigenvalue weighted by Gasteiger charge is -2.03. The van der Waals surface area contributed by atoms with Crippen molar-refractivity contribution in [3.63, 3.8) is 0 Å². The van der Waals surface area contributed by atoms with E-state index in [1.807, 2.05) is 18.2 Å². The lowest BCUT2D eigenvalue weighted by atomic mass is 10.2. The van der Waals surface area contributed by atoms with Crippen LogP contribution in [0.4, 0.5) is 0 Å². The molecule has 0 radical (unpaired) electrons. The van der Waals surface area contributed by atoms with E-state index in [1.165, 1.54) is 11.3 Å². The Kier molecular flexibility index (Phi) is 3.09. The molecule has 0 spiro atoms. The Morgan fingerprint density at radius 3 is 2.88 bits per heavy atom. The Bertz CT molecular complexity index is 559. The molecular weight excluding hydrogens is 244 g/mol. The van der Waals surface area contributed by atoms with Crippen LogP contribution in [0.5, 0.6) is 5.75 Å². The Morgan fingerprint density at radius 2 is 2.31 bits per heavy atom. The molecule has 80 valence electrons. The smallest absolute Gasteiger partial charge is 0.152 e. The third kappa shape index (κ3) is 2.01. The van der Waals surface area contributed by atoms with E-state index in [-0.39, 0.29) is 0 Å². The zero-order chi connectivity index (χ0) is 11.5. The second-order valence-corrected chi connectivity index (χ2v) is 4.26. The first-order valence-corrected chi connectivity index (χ1v) is 5.70. The average molecular weight is 251 g/mol. The van der Waals surface area contributed by atoms with Crippen LogP contribution in [-0.4, -0.2) is 12.1 Å². The molecule has 1 heterocycles. The van der Waals surface area contributed by atoms with Gasteiger partial charge in [-0.1, -0.05) is 11.6 Å². The third-order valence-corrected chi connectivity index (χ3v) is 3.21. The van der Waals surface area contributed by atoms with Crippen LogP contribution in [0.2, 0.25) is 5.02 Å². The molecule has 0 unspecified atom stereocenters. The van der Waals surface area contributed by atoms with Gasteiger partial charge < -0.3 is 4.74 Å². The van der Waals surface area contributed by atoms with Crippen molar-refractivity contribution in [3.8, 4) is 22.4 Å². The number of thiazole rings is 1. The highest BCUT2D eigenvalue weighted by molar-refractivity contribution is 7.13. The predicted molar refractivity (Wildman–Crippen MR) is 63.8 cm³/mol. The summed E-state index contributed by atoms with van der Waals surface area (Å²) in [5.74, 6) is 0.700. The molecule has 3 nitrogen and oxygen atoms in total. The number of rotatable bonds is 2. The molecule has 0 amide bonds. The normalized spacial score (nSPS) is 9.81. The maximum atomic E-state index is 8.69. The van der Waals surface area contributed by atoms with Crippen molar-refractivity contribution in [1.82, 2.24) is 4.98 Å². The first-order valence-electron chi connectivity index (χ1n) is 4.44. The van der Waals surface area contributed by atoms with Crippen LogP contribution in [0.1, 0.15) is 5.69 Å². The second kappa shape index (κ2) is 4.52. The van der Waals surface area contributed by atoms with Crippen LogP contribution >= 0.6 is 22.9 Å². The predicted octanol–water partition coefficient (Wildman–Crippen LogP) is 3.34. The van der Waals surface area contributed by atoms with Gasteiger partial charge in [0.25, 0.3) is 0 Å². The summed E-state index contributed by atoms with van der Waals surface area (Å²) >= 11 is 7.49. The molecule has 0 bridgehead atoms. The largest absolute Gasteiger partial charge is 0.497 e. The first kappa shape index (κ1) is 10.9. The van der Waals surface area contributed by atoms with Gasteiger partial charge in [0.15, 0.2) is 5.69 Å². The minimum Gasteiger partial charge on any atom is -0.497 e. The van der Waals surface area contributed by atoms with Crippen molar-refractivity contribution in [2.75, 3.05) is 7.11 Å². The van der Waals surface area contributed by atoms with Gasteiger partial charge in [0, 0.05) is 10.9 Å². The molecule has 2 aromatic rings. The average Bonchev–Trinajstić information content (AvgIpc) is 2.77. The van der Waals surface area contributed by atoms with Gasteiger partial charge in [0.2, 0.25) is 0 Å². The molecule has 1 aromatic carbocycles. The van der Waals surface area contributed by atoms with Gasteiger partial charge in [-0.25, -0.2) is 4.98 Å². The molecule has 0 fully saturated rings. The Morgan fingerprint density at radius 1 is 1.50 bits per heavy atom. The number of hydrogen-bond donors (Lipinski definition) is 0. The van der Waals surface area contributed by atoms with Crippen molar-refractivity contribution in [2.45, 2.75) is 0 Å². The van der Waals surface area contributed by atoms with Gasteiger partial charge >= 0.3 is 0 Å². The summed E-state index contributed by atoms with van der Waals surface area (Å²) in [7, 11) is 1.59. The highest BCUT2D eigenvalue weighted by atomic mass is 35.5. The Hall–Kier alpha value is -1.57. The van der Waals surface area contributed by atoms with Crippen molar-refractivity contribution >= 4 is 22.9 Å². The van der Waals surface area contributed by atoms with Crippen molar-refractivity contribution in [3.05, 3.63) is 34.3 Å². The summed E-state index contributed by atoms with van der Waals surface area (Å²) in [5.41, 5.74) is 1.22. The van der Waals surface area contributed by atoms with E-state index in [9.17, 15) is 0 Å². The van der Waals surface area contributed by atoms with Gasteiger partial charge in [-0.05, 0) is 18.2 Å². The van der Waals surface area contributed by atoms with Crippen molar-refractivity contribution in [1.29, 1.82) is 5.26 Å². The molecule has 5 heteroatoms. The second-order valence-electron chi connectivity index (χ2n) is 3.00. The summed E-state index contributed by atoms with van der Waals surface area (Å²) in [4.78, 5) is 4.15. The monoisotopic (exact) mass is 250 g/mol. The molecule has 0 aliphatic heterocycles. The van der Waals surface area contributed by atoms with Crippen molar-refractivity contribution < 1.29 is 4.74 Å². The minimum absolute atomic E-state index is 0.409. The van der Waals surface area contributed by atoms with E-state index < -0.39 is 0 Å².